The van der Waals surface area contributed by atoms with Gasteiger partial charge in [0.05, 0.1) is 11.0 Å². The van der Waals surface area contributed by atoms with Crippen LogP contribution >= 0.6 is 0 Å². The van der Waals surface area contributed by atoms with Crippen LogP contribution in [0, 0.1) is 0 Å². The minimum atomic E-state index is -0.0717. The van der Waals surface area contributed by atoms with Crippen molar-refractivity contribution in [3.05, 3.63) is 210 Å². The Labute approximate surface area is 344 Å². The highest BCUT2D eigenvalue weighted by Crippen LogP contribution is 2.51. The summed E-state index contributed by atoms with van der Waals surface area (Å²) in [7, 11) is 0. The minimum Gasteiger partial charge on any atom is -0.310 e. The van der Waals surface area contributed by atoms with Crippen LogP contribution in [0.3, 0.4) is 0 Å². The Morgan fingerprint density at radius 2 is 1.17 bits per heavy atom. The summed E-state index contributed by atoms with van der Waals surface area (Å²) in [6, 6.07) is 67.4. The molecule has 0 unspecified atom stereocenters. The van der Waals surface area contributed by atoms with E-state index in [9.17, 15) is 0 Å². The number of para-hydroxylation sites is 2. The highest BCUT2D eigenvalue weighted by molar-refractivity contribution is 6.30. The average molecular weight is 755 g/mol. The first-order valence-corrected chi connectivity index (χ1v) is 20.9. The summed E-state index contributed by atoms with van der Waals surface area (Å²) < 4.78 is 2.52. The van der Waals surface area contributed by atoms with Crippen molar-refractivity contribution in [2.45, 2.75) is 32.1 Å². The first-order valence-electron chi connectivity index (χ1n) is 20.9. The van der Waals surface area contributed by atoms with E-state index in [1.807, 2.05) is 0 Å². The van der Waals surface area contributed by atoms with Gasteiger partial charge in [-0.25, -0.2) is 0 Å². The van der Waals surface area contributed by atoms with Gasteiger partial charge < -0.3 is 9.47 Å². The van der Waals surface area contributed by atoms with E-state index >= 15 is 0 Å². The maximum absolute atomic E-state index is 2.52. The molecule has 0 N–H and O–H groups in total. The van der Waals surface area contributed by atoms with Gasteiger partial charge in [0.25, 0.3) is 0 Å². The molecule has 0 saturated carbocycles. The van der Waals surface area contributed by atoms with Gasteiger partial charge in [0.2, 0.25) is 0 Å². The van der Waals surface area contributed by atoms with Crippen LogP contribution in [-0.4, -0.2) is 4.57 Å². The van der Waals surface area contributed by atoms with Crippen LogP contribution in [0.1, 0.15) is 42.5 Å². The van der Waals surface area contributed by atoms with Gasteiger partial charge in [-0.3, -0.25) is 0 Å². The number of aromatic nitrogens is 1. The van der Waals surface area contributed by atoms with Crippen LogP contribution in [0.5, 0.6) is 0 Å². The zero-order valence-corrected chi connectivity index (χ0v) is 33.3. The molecule has 1 aromatic heterocycles. The standard InChI is InChI=1S/C57H42N2/c1-57(2)51-22-12-10-19-46(51)47-35-33-43(36-52(47)57)58(40-15-4-3-5-16-40)41-29-24-37(25-30-41)38-26-31-42(32-27-38)59-53-23-13-11-21-50(53)55-54-44-17-7-6-14-39(44)28-34-48(54)45-18-8-9-20-49(45)56(55)59/h3-7,9-17,19-36H,8,18H2,1-2H3. The van der Waals surface area contributed by atoms with Crippen molar-refractivity contribution >= 4 is 66.5 Å². The van der Waals surface area contributed by atoms with Gasteiger partial charge in [0.1, 0.15) is 0 Å². The minimum absolute atomic E-state index is 0.0717. The largest absolute Gasteiger partial charge is 0.310 e. The lowest BCUT2D eigenvalue weighted by molar-refractivity contribution is 0.660. The topological polar surface area (TPSA) is 8.17 Å². The summed E-state index contributed by atoms with van der Waals surface area (Å²) >= 11 is 0. The number of benzene rings is 9. The number of allylic oxidation sites excluding steroid dienone is 1. The van der Waals surface area contributed by atoms with Gasteiger partial charge in [0.15, 0.2) is 0 Å². The monoisotopic (exact) mass is 754 g/mol. The number of nitrogens with zero attached hydrogens (tertiary/aromatic N) is 2. The third-order valence-corrected chi connectivity index (χ3v) is 13.2. The molecule has 0 atom stereocenters. The molecule has 0 saturated heterocycles. The van der Waals surface area contributed by atoms with Crippen molar-refractivity contribution in [3.63, 3.8) is 0 Å². The molecule has 0 radical (unpaired) electrons. The Kier molecular flexibility index (Phi) is 7.43. The van der Waals surface area contributed by atoms with E-state index < -0.39 is 0 Å². The quantitative estimate of drug-likeness (QED) is 0.159. The molecule has 0 spiro atoms. The third-order valence-electron chi connectivity index (χ3n) is 13.2. The van der Waals surface area contributed by atoms with E-state index in [1.165, 1.54) is 93.5 Å². The van der Waals surface area contributed by atoms with Crippen LogP contribution in [0.15, 0.2) is 188 Å². The highest BCUT2D eigenvalue weighted by atomic mass is 15.1. The van der Waals surface area contributed by atoms with Crippen LogP contribution in [-0.2, 0) is 11.8 Å². The molecule has 280 valence electrons. The molecule has 0 amide bonds. The smallest absolute Gasteiger partial charge is 0.0622 e. The van der Waals surface area contributed by atoms with Gasteiger partial charge in [-0.1, -0.05) is 153 Å². The number of hydrogen-bond acceptors (Lipinski definition) is 1. The molecule has 9 aromatic carbocycles. The van der Waals surface area contributed by atoms with Gasteiger partial charge in [-0.2, -0.15) is 0 Å². The second-order valence-electron chi connectivity index (χ2n) is 16.8. The lowest BCUT2D eigenvalue weighted by Crippen LogP contribution is -2.16. The normalized spacial score (nSPS) is 13.9. The molecule has 2 aliphatic carbocycles. The molecule has 0 aliphatic heterocycles. The third kappa shape index (κ3) is 5.06. The predicted molar refractivity (Wildman–Crippen MR) is 251 cm³/mol. The lowest BCUT2D eigenvalue weighted by Gasteiger charge is -2.28. The summed E-state index contributed by atoms with van der Waals surface area (Å²) in [6.45, 7) is 4.70. The maximum Gasteiger partial charge on any atom is 0.0622 e. The van der Waals surface area contributed by atoms with E-state index in [0.717, 1.165) is 29.9 Å². The molecule has 2 aliphatic rings. The zero-order valence-electron chi connectivity index (χ0n) is 33.3. The van der Waals surface area contributed by atoms with Crippen molar-refractivity contribution < 1.29 is 0 Å². The highest BCUT2D eigenvalue weighted by Gasteiger charge is 2.35. The summed E-state index contributed by atoms with van der Waals surface area (Å²) in [6.07, 6.45) is 6.85. The Hall–Kier alpha value is -7.16. The lowest BCUT2D eigenvalue weighted by atomic mass is 9.82. The van der Waals surface area contributed by atoms with Gasteiger partial charge in [0, 0.05) is 44.5 Å². The van der Waals surface area contributed by atoms with E-state index in [4.69, 9.17) is 0 Å². The molecule has 0 bridgehead atoms. The molecule has 12 rings (SSSR count). The van der Waals surface area contributed by atoms with E-state index in [2.05, 4.69) is 217 Å². The first-order chi connectivity index (χ1) is 29.0. The second kappa shape index (κ2) is 12.9. The summed E-state index contributed by atoms with van der Waals surface area (Å²) in [5, 5.41) is 8.01. The van der Waals surface area contributed by atoms with Gasteiger partial charge >= 0.3 is 0 Å². The predicted octanol–water partition coefficient (Wildman–Crippen LogP) is 15.5. The molecule has 1 heterocycles. The Morgan fingerprint density at radius 1 is 0.508 bits per heavy atom. The second-order valence-corrected chi connectivity index (χ2v) is 16.8. The van der Waals surface area contributed by atoms with Gasteiger partial charge in [-0.05, 0) is 128 Å². The van der Waals surface area contributed by atoms with Crippen molar-refractivity contribution in [1.82, 2.24) is 4.57 Å². The average Bonchev–Trinajstić information content (AvgIpc) is 3.76. The first kappa shape index (κ1) is 33.9. The summed E-state index contributed by atoms with van der Waals surface area (Å²) in [5.41, 5.74) is 17.7. The van der Waals surface area contributed by atoms with Crippen LogP contribution in [0.25, 0.3) is 77.4 Å². The number of hydrogen-bond donors (Lipinski definition) is 0. The number of fused-ring (bicyclic) bond motifs is 13. The number of aryl methyl sites for hydroxylation is 1. The van der Waals surface area contributed by atoms with E-state index in [0.29, 0.717) is 0 Å². The fourth-order valence-electron chi connectivity index (χ4n) is 10.4. The van der Waals surface area contributed by atoms with E-state index in [-0.39, 0.29) is 5.41 Å². The molecular weight excluding hydrogens is 713 g/mol. The zero-order chi connectivity index (χ0) is 39.2. The van der Waals surface area contributed by atoms with Crippen LogP contribution < -0.4 is 4.90 Å². The Morgan fingerprint density at radius 3 is 2.00 bits per heavy atom. The summed E-state index contributed by atoms with van der Waals surface area (Å²) in [4.78, 5) is 2.39. The van der Waals surface area contributed by atoms with Crippen molar-refractivity contribution in [1.29, 1.82) is 0 Å². The molecule has 0 fully saturated rings. The Bertz CT molecular complexity index is 3330. The summed E-state index contributed by atoms with van der Waals surface area (Å²) in [5.74, 6) is 0. The van der Waals surface area contributed by atoms with Gasteiger partial charge in [-0.15, -0.1) is 0 Å². The molecule has 59 heavy (non-hydrogen) atoms. The van der Waals surface area contributed by atoms with E-state index in [1.54, 1.807) is 0 Å². The fourth-order valence-corrected chi connectivity index (χ4v) is 10.4. The molecule has 10 aromatic rings. The van der Waals surface area contributed by atoms with Crippen molar-refractivity contribution in [2.24, 2.45) is 0 Å². The number of anilines is 3. The SMILES string of the molecule is CC1(C)c2ccccc2-c2ccc(N(c3ccccc3)c3ccc(-c4ccc(-n5c6ccccc6c6c7c(ccc8ccccc87)c7c(c65)C=CCC7)cc4)cc3)cc21. The van der Waals surface area contributed by atoms with Crippen molar-refractivity contribution in [3.8, 4) is 27.9 Å². The fraction of sp³-hybridized carbons (Fsp3) is 0.0877. The molecule has 2 heteroatoms. The molecular formula is C57H42N2. The van der Waals surface area contributed by atoms with Crippen LogP contribution in [0.2, 0.25) is 0 Å². The maximum atomic E-state index is 2.52. The molecule has 2 nitrogen and oxygen atoms in total. The Balaban J connectivity index is 0.958. The van der Waals surface area contributed by atoms with Crippen LogP contribution in [0.4, 0.5) is 17.1 Å². The number of rotatable bonds is 5. The van der Waals surface area contributed by atoms with Crippen molar-refractivity contribution in [2.75, 3.05) is 4.90 Å².